The number of piperidine rings is 1. The molecule has 1 aromatic carbocycles. The Kier molecular flexibility index (Phi) is 5.28. The number of carboxylic acids is 1. The molecule has 2 fully saturated rings. The number of sulfonamides is 1. The van der Waals surface area contributed by atoms with Gasteiger partial charge in [0.2, 0.25) is 10.0 Å². The number of benzene rings is 1. The van der Waals surface area contributed by atoms with Crippen LogP contribution in [-0.4, -0.2) is 54.7 Å². The quantitative estimate of drug-likeness (QED) is 0.743. The van der Waals surface area contributed by atoms with Crippen LogP contribution in [0.3, 0.4) is 0 Å². The highest BCUT2D eigenvalue weighted by molar-refractivity contribution is 7.89. The summed E-state index contributed by atoms with van der Waals surface area (Å²) in [5, 5.41) is 20.2. The third kappa shape index (κ3) is 3.58. The first-order chi connectivity index (χ1) is 12.3. The Hall–Kier alpha value is -1.64. The highest BCUT2D eigenvalue weighted by atomic mass is 32.2. The second-order valence-corrected chi connectivity index (χ2v) is 9.09. The standard InChI is InChI=1S/C18H25NO6S/c1-2-25-14-5-7-15(8-6-14)26(23,24)19-10-9-16(20)18(12-19,17(21)22)11-13-3-4-13/h5-8,13,16,20H,2-4,9-12H2,1H3,(H,21,22)/t16-,18-/m0/s1. The second-order valence-electron chi connectivity index (χ2n) is 7.16. The molecular weight excluding hydrogens is 358 g/mol. The van der Waals surface area contributed by atoms with Gasteiger partial charge in [0.1, 0.15) is 11.2 Å². The second kappa shape index (κ2) is 7.17. The number of carboxylic acid groups (broad SMARTS) is 1. The van der Waals surface area contributed by atoms with Crippen LogP contribution >= 0.6 is 0 Å². The first kappa shape index (κ1) is 19.1. The highest BCUT2D eigenvalue weighted by Gasteiger charge is 2.53. The van der Waals surface area contributed by atoms with Crippen molar-refractivity contribution in [3.8, 4) is 5.75 Å². The first-order valence-electron chi connectivity index (χ1n) is 8.94. The van der Waals surface area contributed by atoms with E-state index in [1.54, 1.807) is 12.1 Å². The van der Waals surface area contributed by atoms with E-state index < -0.39 is 27.5 Å². The van der Waals surface area contributed by atoms with E-state index in [1.165, 1.54) is 16.4 Å². The number of aliphatic hydroxyl groups is 1. The molecule has 1 aliphatic carbocycles. The van der Waals surface area contributed by atoms with E-state index in [4.69, 9.17) is 4.74 Å². The number of hydrogen-bond donors (Lipinski definition) is 2. The monoisotopic (exact) mass is 383 g/mol. The molecule has 0 radical (unpaired) electrons. The van der Waals surface area contributed by atoms with Crippen molar-refractivity contribution in [2.24, 2.45) is 11.3 Å². The Labute approximate surface area is 153 Å². The van der Waals surface area contributed by atoms with E-state index in [1.807, 2.05) is 6.92 Å². The van der Waals surface area contributed by atoms with Gasteiger partial charge >= 0.3 is 5.97 Å². The maximum Gasteiger partial charge on any atom is 0.313 e. The molecule has 144 valence electrons. The minimum Gasteiger partial charge on any atom is -0.494 e. The lowest BCUT2D eigenvalue weighted by molar-refractivity contribution is -0.162. The van der Waals surface area contributed by atoms with E-state index in [-0.39, 0.29) is 30.3 Å². The summed E-state index contributed by atoms with van der Waals surface area (Å²) in [7, 11) is -3.83. The fraction of sp³-hybridized carbons (Fsp3) is 0.611. The van der Waals surface area contributed by atoms with Crippen molar-refractivity contribution in [2.75, 3.05) is 19.7 Å². The van der Waals surface area contributed by atoms with Crippen LogP contribution in [0, 0.1) is 11.3 Å². The van der Waals surface area contributed by atoms with E-state index in [0.717, 1.165) is 12.8 Å². The molecule has 0 aromatic heterocycles. The van der Waals surface area contributed by atoms with Crippen molar-refractivity contribution >= 4 is 16.0 Å². The Bertz CT molecular complexity index is 758. The van der Waals surface area contributed by atoms with Crippen molar-refractivity contribution in [3.63, 3.8) is 0 Å². The number of aliphatic hydroxyl groups excluding tert-OH is 1. The molecule has 1 aliphatic heterocycles. The van der Waals surface area contributed by atoms with Crippen LogP contribution in [0.15, 0.2) is 29.2 Å². The summed E-state index contributed by atoms with van der Waals surface area (Å²) in [6, 6.07) is 6.11. The van der Waals surface area contributed by atoms with Crippen molar-refractivity contribution in [2.45, 2.75) is 43.6 Å². The number of aliphatic carboxylic acids is 1. The van der Waals surface area contributed by atoms with Gasteiger partial charge in [-0.15, -0.1) is 0 Å². The maximum absolute atomic E-state index is 13.0. The zero-order valence-electron chi connectivity index (χ0n) is 14.8. The number of ether oxygens (including phenoxy) is 1. The third-order valence-electron chi connectivity index (χ3n) is 5.30. The largest absolute Gasteiger partial charge is 0.494 e. The van der Waals surface area contributed by atoms with Gasteiger partial charge in [-0.25, -0.2) is 8.42 Å². The van der Waals surface area contributed by atoms with Crippen LogP contribution in [0.4, 0.5) is 0 Å². The predicted molar refractivity (Wildman–Crippen MR) is 94.4 cm³/mol. The topological polar surface area (TPSA) is 104 Å². The van der Waals surface area contributed by atoms with Gasteiger partial charge in [-0.05, 0) is 49.9 Å². The number of nitrogens with zero attached hydrogens (tertiary/aromatic N) is 1. The Morgan fingerprint density at radius 3 is 2.46 bits per heavy atom. The predicted octanol–water partition coefficient (Wildman–Crippen LogP) is 1.71. The number of hydrogen-bond acceptors (Lipinski definition) is 5. The fourth-order valence-electron chi connectivity index (χ4n) is 3.61. The lowest BCUT2D eigenvalue weighted by atomic mass is 9.74. The average molecular weight is 383 g/mol. The zero-order valence-corrected chi connectivity index (χ0v) is 15.6. The van der Waals surface area contributed by atoms with Crippen LogP contribution in [0.25, 0.3) is 0 Å². The Balaban J connectivity index is 1.86. The molecule has 0 bridgehead atoms. The smallest absolute Gasteiger partial charge is 0.313 e. The summed E-state index contributed by atoms with van der Waals surface area (Å²) >= 11 is 0. The van der Waals surface area contributed by atoms with Crippen LogP contribution in [0.5, 0.6) is 5.75 Å². The molecular formula is C18H25NO6S. The van der Waals surface area contributed by atoms with Crippen LogP contribution in [0.1, 0.15) is 32.6 Å². The Morgan fingerprint density at radius 2 is 1.92 bits per heavy atom. The molecule has 0 spiro atoms. The SMILES string of the molecule is CCOc1ccc(S(=O)(=O)N2CC[C@H](O)[C@@](CC3CC3)(C(=O)O)C2)cc1. The summed E-state index contributed by atoms with van der Waals surface area (Å²) in [5.41, 5.74) is -1.43. The van der Waals surface area contributed by atoms with Gasteiger partial charge in [0, 0.05) is 13.1 Å². The minimum atomic E-state index is -3.83. The van der Waals surface area contributed by atoms with Crippen molar-refractivity contribution in [1.82, 2.24) is 4.31 Å². The lowest BCUT2D eigenvalue weighted by Gasteiger charge is -2.42. The summed E-state index contributed by atoms with van der Waals surface area (Å²) in [6.07, 6.45) is 1.28. The Morgan fingerprint density at radius 1 is 1.27 bits per heavy atom. The highest BCUT2D eigenvalue weighted by Crippen LogP contribution is 2.45. The van der Waals surface area contributed by atoms with Gasteiger partial charge < -0.3 is 14.9 Å². The van der Waals surface area contributed by atoms with Gasteiger partial charge in [-0.3, -0.25) is 4.79 Å². The first-order valence-corrected chi connectivity index (χ1v) is 10.4. The molecule has 2 N–H and O–H groups in total. The summed E-state index contributed by atoms with van der Waals surface area (Å²) < 4.78 is 32.5. The van der Waals surface area contributed by atoms with Crippen molar-refractivity contribution in [3.05, 3.63) is 24.3 Å². The molecule has 1 aromatic rings. The lowest BCUT2D eigenvalue weighted by Crippen LogP contribution is -2.57. The zero-order chi connectivity index (χ0) is 18.9. The summed E-state index contributed by atoms with van der Waals surface area (Å²) in [5.74, 6) is -0.286. The fourth-order valence-corrected chi connectivity index (χ4v) is 5.13. The van der Waals surface area contributed by atoms with Crippen molar-refractivity contribution in [1.29, 1.82) is 0 Å². The average Bonchev–Trinajstić information content (AvgIpc) is 3.41. The molecule has 3 rings (SSSR count). The van der Waals surface area contributed by atoms with Gasteiger partial charge in [0.25, 0.3) is 0 Å². The number of rotatable bonds is 7. The molecule has 0 unspecified atom stereocenters. The van der Waals surface area contributed by atoms with Crippen LogP contribution in [0.2, 0.25) is 0 Å². The molecule has 7 nitrogen and oxygen atoms in total. The summed E-state index contributed by atoms with van der Waals surface area (Å²) in [6.45, 7) is 2.24. The van der Waals surface area contributed by atoms with E-state index in [9.17, 15) is 23.4 Å². The van der Waals surface area contributed by atoms with E-state index in [0.29, 0.717) is 18.8 Å². The van der Waals surface area contributed by atoms with Crippen molar-refractivity contribution < 1.29 is 28.2 Å². The van der Waals surface area contributed by atoms with Gasteiger partial charge in [0.15, 0.2) is 0 Å². The molecule has 0 amide bonds. The molecule has 1 heterocycles. The van der Waals surface area contributed by atoms with Gasteiger partial charge in [-0.1, -0.05) is 12.8 Å². The van der Waals surface area contributed by atoms with E-state index >= 15 is 0 Å². The third-order valence-corrected chi connectivity index (χ3v) is 7.16. The van der Waals surface area contributed by atoms with Crippen LogP contribution in [-0.2, 0) is 14.8 Å². The molecule has 8 heteroatoms. The van der Waals surface area contributed by atoms with Crippen LogP contribution < -0.4 is 4.74 Å². The summed E-state index contributed by atoms with van der Waals surface area (Å²) in [4.78, 5) is 12.1. The normalized spacial score (nSPS) is 27.2. The van der Waals surface area contributed by atoms with E-state index in [2.05, 4.69) is 0 Å². The molecule has 1 saturated heterocycles. The van der Waals surface area contributed by atoms with Gasteiger partial charge in [-0.2, -0.15) is 4.31 Å². The molecule has 26 heavy (non-hydrogen) atoms. The molecule has 1 saturated carbocycles. The molecule has 2 atom stereocenters. The number of carbonyl (C=O) groups is 1. The van der Waals surface area contributed by atoms with Gasteiger partial charge in [0.05, 0.1) is 17.6 Å². The molecule has 2 aliphatic rings. The maximum atomic E-state index is 13.0. The minimum absolute atomic E-state index is 0.100.